The van der Waals surface area contributed by atoms with E-state index < -0.39 is 0 Å². The molecule has 1 fully saturated rings. The van der Waals surface area contributed by atoms with Crippen LogP contribution in [-0.4, -0.2) is 31.4 Å². The van der Waals surface area contributed by atoms with Gasteiger partial charge < -0.3 is 10.2 Å². The van der Waals surface area contributed by atoms with Gasteiger partial charge in [-0.2, -0.15) is 0 Å². The molecule has 0 amide bonds. The first-order valence-electron chi connectivity index (χ1n) is 6.64. The van der Waals surface area contributed by atoms with Gasteiger partial charge in [-0.15, -0.1) is 11.8 Å². The summed E-state index contributed by atoms with van der Waals surface area (Å²) >= 11 is 1.80. The van der Waals surface area contributed by atoms with E-state index in [9.17, 15) is 0 Å². The van der Waals surface area contributed by atoms with Gasteiger partial charge in [0.15, 0.2) is 0 Å². The van der Waals surface area contributed by atoms with E-state index >= 15 is 0 Å². The molecule has 0 bridgehead atoms. The zero-order valence-electron chi connectivity index (χ0n) is 11.9. The normalized spacial score (nSPS) is 22.8. The lowest BCUT2D eigenvalue weighted by Gasteiger charge is -2.41. The second kappa shape index (κ2) is 5.54. The van der Waals surface area contributed by atoms with E-state index in [0.29, 0.717) is 6.04 Å². The topological polar surface area (TPSA) is 15.3 Å². The lowest BCUT2D eigenvalue weighted by Crippen LogP contribution is -2.52. The molecule has 1 unspecified atom stereocenters. The van der Waals surface area contributed by atoms with Gasteiger partial charge >= 0.3 is 0 Å². The first-order chi connectivity index (χ1) is 8.52. The Morgan fingerprint density at radius 3 is 2.50 bits per heavy atom. The Bertz CT molecular complexity index is 386. The summed E-state index contributed by atoms with van der Waals surface area (Å²) in [6, 6.07) is 9.54. The summed E-state index contributed by atoms with van der Waals surface area (Å²) in [4.78, 5) is 3.77. The predicted molar refractivity (Wildman–Crippen MR) is 81.7 cm³/mol. The number of benzene rings is 1. The van der Waals surface area contributed by atoms with Crippen molar-refractivity contribution in [3.8, 4) is 0 Å². The van der Waals surface area contributed by atoms with Crippen LogP contribution in [0.1, 0.15) is 26.7 Å². The second-order valence-electron chi connectivity index (χ2n) is 5.77. The fourth-order valence-electron chi connectivity index (χ4n) is 2.70. The molecule has 0 saturated carbocycles. The van der Waals surface area contributed by atoms with Crippen molar-refractivity contribution in [3.63, 3.8) is 0 Å². The Morgan fingerprint density at radius 1 is 1.28 bits per heavy atom. The lowest BCUT2D eigenvalue weighted by atomic mass is 9.88. The van der Waals surface area contributed by atoms with Gasteiger partial charge in [-0.3, -0.25) is 0 Å². The van der Waals surface area contributed by atoms with Gasteiger partial charge in [-0.05, 0) is 63.8 Å². The summed E-state index contributed by atoms with van der Waals surface area (Å²) in [5, 5.41) is 3.58. The molecule has 1 heterocycles. The summed E-state index contributed by atoms with van der Waals surface area (Å²) < 4.78 is 0. The molecule has 0 aliphatic carbocycles. The molecule has 3 heteroatoms. The Balaban J connectivity index is 2.07. The van der Waals surface area contributed by atoms with Crippen molar-refractivity contribution >= 4 is 17.4 Å². The molecule has 0 radical (unpaired) electrons. The number of nitrogens with zero attached hydrogens (tertiary/aromatic N) is 1. The quantitative estimate of drug-likeness (QED) is 0.843. The molecule has 100 valence electrons. The number of thioether (sulfide) groups is 1. The Kier molecular flexibility index (Phi) is 4.23. The molecule has 2 rings (SSSR count). The second-order valence-corrected chi connectivity index (χ2v) is 6.65. The van der Waals surface area contributed by atoms with Crippen LogP contribution in [0.3, 0.4) is 0 Å². The molecule has 0 spiro atoms. The third-order valence-electron chi connectivity index (χ3n) is 3.85. The van der Waals surface area contributed by atoms with Crippen molar-refractivity contribution in [3.05, 3.63) is 24.3 Å². The van der Waals surface area contributed by atoms with Crippen LogP contribution in [0.2, 0.25) is 0 Å². The maximum atomic E-state index is 3.58. The van der Waals surface area contributed by atoms with E-state index in [4.69, 9.17) is 0 Å². The highest BCUT2D eigenvalue weighted by Crippen LogP contribution is 2.27. The Morgan fingerprint density at radius 2 is 1.94 bits per heavy atom. The minimum absolute atomic E-state index is 0.260. The molecular formula is C15H24N2S. The molecule has 1 saturated heterocycles. The molecule has 1 aromatic carbocycles. The van der Waals surface area contributed by atoms with Crippen LogP contribution in [-0.2, 0) is 0 Å². The largest absolute Gasteiger partial charge is 0.371 e. The number of rotatable bonds is 3. The van der Waals surface area contributed by atoms with Gasteiger partial charge in [0.2, 0.25) is 0 Å². The van der Waals surface area contributed by atoms with E-state index in [2.05, 4.69) is 61.6 Å². The monoisotopic (exact) mass is 264 g/mol. The first kappa shape index (κ1) is 13.8. The predicted octanol–water partition coefficient (Wildman–Crippen LogP) is 3.38. The van der Waals surface area contributed by atoms with Crippen LogP contribution in [0.15, 0.2) is 29.2 Å². The minimum Gasteiger partial charge on any atom is -0.371 e. The number of hydrogen-bond donors (Lipinski definition) is 1. The van der Waals surface area contributed by atoms with Gasteiger partial charge in [0.1, 0.15) is 0 Å². The maximum absolute atomic E-state index is 3.58. The summed E-state index contributed by atoms with van der Waals surface area (Å²) in [6.07, 6.45) is 4.55. The highest BCUT2D eigenvalue weighted by Gasteiger charge is 2.29. The van der Waals surface area contributed by atoms with Crippen LogP contribution in [0.4, 0.5) is 5.69 Å². The molecule has 1 aliphatic rings. The van der Waals surface area contributed by atoms with E-state index in [1.807, 2.05) is 0 Å². The molecular weight excluding hydrogens is 240 g/mol. The fraction of sp³-hybridized carbons (Fsp3) is 0.600. The zero-order chi connectivity index (χ0) is 13.2. The van der Waals surface area contributed by atoms with Crippen LogP contribution in [0.5, 0.6) is 0 Å². The van der Waals surface area contributed by atoms with E-state index in [0.717, 1.165) is 6.54 Å². The van der Waals surface area contributed by atoms with Crippen molar-refractivity contribution in [2.75, 3.05) is 24.7 Å². The van der Waals surface area contributed by atoms with Gasteiger partial charge in [-0.1, -0.05) is 0 Å². The first-order valence-corrected chi connectivity index (χ1v) is 7.86. The number of hydrogen-bond acceptors (Lipinski definition) is 3. The van der Waals surface area contributed by atoms with E-state index in [1.54, 1.807) is 11.8 Å². The van der Waals surface area contributed by atoms with Gasteiger partial charge in [0.25, 0.3) is 0 Å². The standard InChI is InChI=1S/C15H24N2S/c1-15(2)11-13(9-10-16-15)17(3)12-5-7-14(18-4)8-6-12/h5-8,13,16H,9-11H2,1-4H3. The number of anilines is 1. The fourth-order valence-corrected chi connectivity index (χ4v) is 3.11. The molecule has 18 heavy (non-hydrogen) atoms. The molecule has 1 aliphatic heterocycles. The molecule has 1 N–H and O–H groups in total. The maximum Gasteiger partial charge on any atom is 0.0366 e. The molecule has 1 aromatic rings. The van der Waals surface area contributed by atoms with Crippen molar-refractivity contribution < 1.29 is 0 Å². The van der Waals surface area contributed by atoms with Gasteiger partial charge in [0, 0.05) is 29.2 Å². The third kappa shape index (κ3) is 3.21. The van der Waals surface area contributed by atoms with Crippen LogP contribution in [0.25, 0.3) is 0 Å². The van der Waals surface area contributed by atoms with Crippen molar-refractivity contribution in [2.24, 2.45) is 0 Å². The highest BCUT2D eigenvalue weighted by atomic mass is 32.2. The Hall–Kier alpha value is -0.670. The number of nitrogens with one attached hydrogen (secondary N) is 1. The lowest BCUT2D eigenvalue weighted by molar-refractivity contribution is 0.271. The summed E-state index contributed by atoms with van der Waals surface area (Å²) in [5.41, 5.74) is 1.59. The average Bonchev–Trinajstić information content (AvgIpc) is 2.37. The summed E-state index contributed by atoms with van der Waals surface area (Å²) in [7, 11) is 2.22. The summed E-state index contributed by atoms with van der Waals surface area (Å²) in [6.45, 7) is 5.71. The smallest absolute Gasteiger partial charge is 0.0366 e. The van der Waals surface area contributed by atoms with Crippen LogP contribution >= 0.6 is 11.8 Å². The van der Waals surface area contributed by atoms with Gasteiger partial charge in [-0.25, -0.2) is 0 Å². The molecule has 1 atom stereocenters. The van der Waals surface area contributed by atoms with Crippen molar-refractivity contribution in [1.29, 1.82) is 0 Å². The molecule has 0 aromatic heterocycles. The van der Waals surface area contributed by atoms with E-state index in [-0.39, 0.29) is 5.54 Å². The van der Waals surface area contributed by atoms with Gasteiger partial charge in [0.05, 0.1) is 0 Å². The van der Waals surface area contributed by atoms with Crippen molar-refractivity contribution in [2.45, 2.75) is 43.2 Å². The zero-order valence-corrected chi connectivity index (χ0v) is 12.7. The SMILES string of the molecule is CSc1ccc(N(C)C2CCNC(C)(C)C2)cc1. The Labute approximate surface area is 115 Å². The minimum atomic E-state index is 0.260. The highest BCUT2D eigenvalue weighted by molar-refractivity contribution is 7.98. The van der Waals surface area contributed by atoms with Crippen LogP contribution < -0.4 is 10.2 Å². The summed E-state index contributed by atoms with van der Waals surface area (Å²) in [5.74, 6) is 0. The average molecular weight is 264 g/mol. The number of piperidine rings is 1. The van der Waals surface area contributed by atoms with Crippen LogP contribution in [0, 0.1) is 0 Å². The third-order valence-corrected chi connectivity index (χ3v) is 4.60. The van der Waals surface area contributed by atoms with E-state index in [1.165, 1.54) is 23.4 Å². The van der Waals surface area contributed by atoms with Crippen molar-refractivity contribution in [1.82, 2.24) is 5.32 Å². The molecule has 2 nitrogen and oxygen atoms in total.